The van der Waals surface area contributed by atoms with Gasteiger partial charge in [0.2, 0.25) is 5.95 Å². The molecular weight excluding hydrogens is 246 g/mol. The molecule has 2 aromatic rings. The second-order valence-corrected chi connectivity index (χ2v) is 3.67. The monoisotopic (exact) mass is 253 g/mol. The number of hydrogen-bond donors (Lipinski definition) is 1. The van der Waals surface area contributed by atoms with E-state index in [4.69, 9.17) is 0 Å². The van der Waals surface area contributed by atoms with E-state index in [0.717, 1.165) is 10.2 Å². The summed E-state index contributed by atoms with van der Waals surface area (Å²) in [6.07, 6.45) is 0. The molecule has 1 N–H and O–H groups in total. The standard InChI is InChI=1S/C8H8BrN5/c1-14-8(11-12-13-14)10-7-4-2-6(9)3-5-7/h2-5H,1H3,(H,10,11,13). The highest BCUT2D eigenvalue weighted by molar-refractivity contribution is 9.10. The topological polar surface area (TPSA) is 55.6 Å². The fraction of sp³-hybridized carbons (Fsp3) is 0.125. The molecule has 14 heavy (non-hydrogen) atoms. The lowest BCUT2D eigenvalue weighted by Gasteiger charge is -2.02. The number of benzene rings is 1. The zero-order chi connectivity index (χ0) is 9.97. The molecule has 2 rings (SSSR count). The minimum atomic E-state index is 0.618. The average Bonchev–Trinajstić information content (AvgIpc) is 2.56. The highest BCUT2D eigenvalue weighted by Crippen LogP contribution is 2.16. The van der Waals surface area contributed by atoms with Crippen LogP contribution >= 0.6 is 15.9 Å². The average molecular weight is 254 g/mol. The van der Waals surface area contributed by atoms with Gasteiger partial charge in [-0.1, -0.05) is 21.0 Å². The number of halogens is 1. The Hall–Kier alpha value is -1.43. The molecule has 5 nitrogen and oxygen atoms in total. The van der Waals surface area contributed by atoms with E-state index in [9.17, 15) is 0 Å². The van der Waals surface area contributed by atoms with Gasteiger partial charge in [0.1, 0.15) is 0 Å². The maximum absolute atomic E-state index is 3.81. The number of nitrogens with zero attached hydrogens (tertiary/aromatic N) is 4. The quantitative estimate of drug-likeness (QED) is 0.886. The molecular formula is C8H8BrN5. The van der Waals surface area contributed by atoms with E-state index in [0.29, 0.717) is 5.95 Å². The Bertz CT molecular complexity index is 422. The van der Waals surface area contributed by atoms with Crippen molar-refractivity contribution in [3.05, 3.63) is 28.7 Å². The molecule has 0 radical (unpaired) electrons. The summed E-state index contributed by atoms with van der Waals surface area (Å²) in [4.78, 5) is 0. The van der Waals surface area contributed by atoms with Crippen molar-refractivity contribution in [2.75, 3.05) is 5.32 Å². The van der Waals surface area contributed by atoms with Crippen molar-refractivity contribution in [1.29, 1.82) is 0 Å². The van der Waals surface area contributed by atoms with Crippen LogP contribution in [0.15, 0.2) is 28.7 Å². The minimum absolute atomic E-state index is 0.618. The Kier molecular flexibility index (Phi) is 2.45. The van der Waals surface area contributed by atoms with E-state index in [-0.39, 0.29) is 0 Å². The normalized spacial score (nSPS) is 10.1. The van der Waals surface area contributed by atoms with Crippen LogP contribution in [-0.4, -0.2) is 20.2 Å². The molecule has 72 valence electrons. The van der Waals surface area contributed by atoms with E-state index >= 15 is 0 Å². The number of hydrogen-bond acceptors (Lipinski definition) is 4. The number of tetrazole rings is 1. The molecule has 1 aromatic heterocycles. The van der Waals surface area contributed by atoms with Gasteiger partial charge in [0.05, 0.1) is 0 Å². The van der Waals surface area contributed by atoms with Gasteiger partial charge in [-0.2, -0.15) is 0 Å². The summed E-state index contributed by atoms with van der Waals surface area (Å²) in [7, 11) is 1.78. The van der Waals surface area contributed by atoms with Crippen LogP contribution in [0.4, 0.5) is 11.6 Å². The first-order chi connectivity index (χ1) is 6.75. The predicted molar refractivity (Wildman–Crippen MR) is 56.2 cm³/mol. The van der Waals surface area contributed by atoms with Gasteiger partial charge < -0.3 is 5.32 Å². The van der Waals surface area contributed by atoms with Crippen molar-refractivity contribution in [3.63, 3.8) is 0 Å². The Labute approximate surface area is 89.3 Å². The summed E-state index contributed by atoms with van der Waals surface area (Å²) in [5.74, 6) is 0.618. The van der Waals surface area contributed by atoms with Gasteiger partial charge in [-0.25, -0.2) is 4.68 Å². The van der Waals surface area contributed by atoms with Crippen LogP contribution in [0.1, 0.15) is 0 Å². The first-order valence-corrected chi connectivity index (χ1v) is 4.80. The van der Waals surface area contributed by atoms with Crippen molar-refractivity contribution in [1.82, 2.24) is 20.2 Å². The molecule has 0 unspecified atom stereocenters. The van der Waals surface area contributed by atoms with E-state index in [2.05, 4.69) is 36.8 Å². The summed E-state index contributed by atoms with van der Waals surface area (Å²) in [5, 5.41) is 14.1. The maximum Gasteiger partial charge on any atom is 0.247 e. The zero-order valence-electron chi connectivity index (χ0n) is 7.48. The lowest BCUT2D eigenvalue weighted by Crippen LogP contribution is -1.99. The highest BCUT2D eigenvalue weighted by Gasteiger charge is 2.00. The first kappa shape index (κ1) is 9.14. The molecule has 0 spiro atoms. The number of rotatable bonds is 2. The van der Waals surface area contributed by atoms with Crippen LogP contribution in [0.3, 0.4) is 0 Å². The molecule has 0 aliphatic carbocycles. The first-order valence-electron chi connectivity index (χ1n) is 4.00. The summed E-state index contributed by atoms with van der Waals surface area (Å²) >= 11 is 3.36. The van der Waals surface area contributed by atoms with Crippen LogP contribution in [-0.2, 0) is 7.05 Å². The minimum Gasteiger partial charge on any atom is -0.323 e. The van der Waals surface area contributed by atoms with Gasteiger partial charge >= 0.3 is 0 Å². The third-order valence-corrected chi connectivity index (χ3v) is 2.25. The number of anilines is 2. The van der Waals surface area contributed by atoms with Crippen LogP contribution in [0.5, 0.6) is 0 Å². The van der Waals surface area contributed by atoms with E-state index in [1.807, 2.05) is 24.3 Å². The third-order valence-electron chi connectivity index (χ3n) is 1.72. The zero-order valence-corrected chi connectivity index (χ0v) is 9.06. The molecule has 0 amide bonds. The largest absolute Gasteiger partial charge is 0.323 e. The molecule has 0 saturated carbocycles. The molecule has 0 fully saturated rings. The molecule has 1 heterocycles. The third kappa shape index (κ3) is 1.90. The van der Waals surface area contributed by atoms with E-state index < -0.39 is 0 Å². The lowest BCUT2D eigenvalue weighted by molar-refractivity contribution is 0.715. The summed E-state index contributed by atoms with van der Waals surface area (Å²) < 4.78 is 2.61. The molecule has 6 heteroatoms. The van der Waals surface area contributed by atoms with E-state index in [1.165, 1.54) is 0 Å². The molecule has 0 saturated heterocycles. The van der Waals surface area contributed by atoms with Crippen LogP contribution in [0, 0.1) is 0 Å². The van der Waals surface area contributed by atoms with Crippen LogP contribution in [0.25, 0.3) is 0 Å². The number of aromatic nitrogens is 4. The van der Waals surface area contributed by atoms with Gasteiger partial charge in [-0.15, -0.1) is 0 Å². The Morgan fingerprint density at radius 1 is 1.29 bits per heavy atom. The Balaban J connectivity index is 2.19. The van der Waals surface area contributed by atoms with Gasteiger partial charge in [0.15, 0.2) is 0 Å². The fourth-order valence-electron chi connectivity index (χ4n) is 0.998. The van der Waals surface area contributed by atoms with Crippen molar-refractivity contribution in [2.45, 2.75) is 0 Å². The molecule has 0 aliphatic heterocycles. The van der Waals surface area contributed by atoms with Crippen molar-refractivity contribution < 1.29 is 0 Å². The fourth-order valence-corrected chi connectivity index (χ4v) is 1.26. The van der Waals surface area contributed by atoms with Crippen LogP contribution in [0.2, 0.25) is 0 Å². The Morgan fingerprint density at radius 2 is 2.00 bits per heavy atom. The predicted octanol–water partition coefficient (Wildman–Crippen LogP) is 1.72. The second-order valence-electron chi connectivity index (χ2n) is 2.76. The second kappa shape index (κ2) is 3.75. The van der Waals surface area contributed by atoms with Crippen molar-refractivity contribution in [2.24, 2.45) is 7.05 Å². The maximum atomic E-state index is 3.81. The molecule has 1 aromatic carbocycles. The number of nitrogens with one attached hydrogen (secondary N) is 1. The summed E-state index contributed by atoms with van der Waals surface area (Å²) in [6, 6.07) is 7.79. The molecule has 0 bridgehead atoms. The van der Waals surface area contributed by atoms with Gasteiger partial charge in [-0.05, 0) is 34.7 Å². The highest BCUT2D eigenvalue weighted by atomic mass is 79.9. The smallest absolute Gasteiger partial charge is 0.247 e. The molecule has 0 aliphatic rings. The number of aryl methyl sites for hydroxylation is 1. The van der Waals surface area contributed by atoms with Gasteiger partial charge in [-0.3, -0.25) is 0 Å². The van der Waals surface area contributed by atoms with Crippen molar-refractivity contribution >= 4 is 27.6 Å². The SMILES string of the molecule is Cn1nnnc1Nc1ccc(Br)cc1. The van der Waals surface area contributed by atoms with Gasteiger partial charge in [0, 0.05) is 17.2 Å². The van der Waals surface area contributed by atoms with Gasteiger partial charge in [0.25, 0.3) is 0 Å². The van der Waals surface area contributed by atoms with Crippen molar-refractivity contribution in [3.8, 4) is 0 Å². The summed E-state index contributed by atoms with van der Waals surface area (Å²) in [6.45, 7) is 0. The summed E-state index contributed by atoms with van der Waals surface area (Å²) in [5.41, 5.74) is 0.950. The van der Waals surface area contributed by atoms with E-state index in [1.54, 1.807) is 11.7 Å². The van der Waals surface area contributed by atoms with Crippen LogP contribution < -0.4 is 5.32 Å². The Morgan fingerprint density at radius 3 is 2.57 bits per heavy atom. The molecule has 0 atom stereocenters. The lowest BCUT2D eigenvalue weighted by atomic mass is 10.3.